The van der Waals surface area contributed by atoms with Crippen LogP contribution in [0.25, 0.3) is 0 Å². The maximum absolute atomic E-state index is 12.5. The zero-order chi connectivity index (χ0) is 12.8. The fraction of sp³-hybridized carbons (Fsp3) is 0.667. The summed E-state index contributed by atoms with van der Waals surface area (Å²) in [5.74, 6) is 1.95. The Morgan fingerprint density at radius 1 is 1.39 bits per heavy atom. The second-order valence-electron chi connectivity index (χ2n) is 5.77. The smallest absolute Gasteiger partial charge is 0.169 e. The standard InChI is InChI=1S/C15H20O3/c1-10-8-13(11(2)18-10)14(16)12-4-7-17-15(9-12)5-3-6-15/h8,12H,3-7,9H2,1-2H3. The molecular formula is C15H20O3. The average molecular weight is 248 g/mol. The van der Waals surface area contributed by atoms with Crippen LogP contribution in [-0.2, 0) is 4.74 Å². The number of carbonyl (C=O) groups excluding carboxylic acids is 1. The van der Waals surface area contributed by atoms with Gasteiger partial charge in [-0.15, -0.1) is 0 Å². The molecule has 3 heteroatoms. The molecule has 1 saturated heterocycles. The van der Waals surface area contributed by atoms with Gasteiger partial charge in [0.2, 0.25) is 0 Å². The summed E-state index contributed by atoms with van der Waals surface area (Å²) >= 11 is 0. The van der Waals surface area contributed by atoms with E-state index in [1.807, 2.05) is 19.9 Å². The Hall–Kier alpha value is -1.09. The predicted octanol–water partition coefficient (Wildman–Crippen LogP) is 3.43. The molecule has 0 N–H and O–H groups in total. The first kappa shape index (κ1) is 12.0. The minimum absolute atomic E-state index is 0.0330. The molecule has 3 rings (SSSR count). The maximum Gasteiger partial charge on any atom is 0.169 e. The van der Waals surface area contributed by atoms with Crippen molar-refractivity contribution in [1.82, 2.24) is 0 Å². The lowest BCUT2D eigenvalue weighted by molar-refractivity contribution is -0.137. The van der Waals surface area contributed by atoms with Crippen molar-refractivity contribution in [3.8, 4) is 0 Å². The van der Waals surface area contributed by atoms with Crippen LogP contribution >= 0.6 is 0 Å². The molecule has 1 atom stereocenters. The van der Waals surface area contributed by atoms with E-state index in [2.05, 4.69) is 0 Å². The second-order valence-corrected chi connectivity index (χ2v) is 5.77. The monoisotopic (exact) mass is 248 g/mol. The summed E-state index contributed by atoms with van der Waals surface area (Å²) in [6, 6.07) is 1.88. The van der Waals surface area contributed by atoms with Gasteiger partial charge in [-0.25, -0.2) is 0 Å². The lowest BCUT2D eigenvalue weighted by Gasteiger charge is -2.46. The molecule has 18 heavy (non-hydrogen) atoms. The van der Waals surface area contributed by atoms with E-state index in [1.165, 1.54) is 6.42 Å². The number of ketones is 1. The quantitative estimate of drug-likeness (QED) is 0.753. The first-order valence-electron chi connectivity index (χ1n) is 6.85. The zero-order valence-electron chi connectivity index (χ0n) is 11.1. The minimum Gasteiger partial charge on any atom is -0.466 e. The Kier molecular flexibility index (Phi) is 2.81. The van der Waals surface area contributed by atoms with Crippen molar-refractivity contribution in [2.75, 3.05) is 6.61 Å². The largest absolute Gasteiger partial charge is 0.466 e. The minimum atomic E-state index is 0.0330. The highest BCUT2D eigenvalue weighted by Crippen LogP contribution is 2.45. The van der Waals surface area contributed by atoms with Gasteiger partial charge in [0.1, 0.15) is 11.5 Å². The SMILES string of the molecule is Cc1cc(C(=O)C2CCOC3(CCC3)C2)c(C)o1. The molecule has 0 bridgehead atoms. The number of hydrogen-bond acceptors (Lipinski definition) is 3. The van der Waals surface area contributed by atoms with E-state index in [0.717, 1.165) is 49.4 Å². The molecule has 2 aliphatic rings. The van der Waals surface area contributed by atoms with E-state index in [0.29, 0.717) is 0 Å². The van der Waals surface area contributed by atoms with Crippen LogP contribution < -0.4 is 0 Å². The Morgan fingerprint density at radius 3 is 2.72 bits per heavy atom. The molecule has 2 heterocycles. The third kappa shape index (κ3) is 1.91. The molecule has 1 aromatic rings. The van der Waals surface area contributed by atoms with Crippen LogP contribution in [0.1, 0.15) is 54.0 Å². The number of Topliss-reactive ketones (excluding diaryl/α,β-unsaturated/α-hetero) is 1. The van der Waals surface area contributed by atoms with Gasteiger partial charge in [-0.1, -0.05) is 0 Å². The van der Waals surface area contributed by atoms with Crippen molar-refractivity contribution in [3.05, 3.63) is 23.2 Å². The average Bonchev–Trinajstić information content (AvgIpc) is 2.66. The van der Waals surface area contributed by atoms with E-state index < -0.39 is 0 Å². The molecule has 2 fully saturated rings. The Balaban J connectivity index is 1.78. The van der Waals surface area contributed by atoms with Crippen LogP contribution in [0.3, 0.4) is 0 Å². The van der Waals surface area contributed by atoms with Crippen molar-refractivity contribution in [3.63, 3.8) is 0 Å². The summed E-state index contributed by atoms with van der Waals surface area (Å²) in [4.78, 5) is 12.5. The van der Waals surface area contributed by atoms with Gasteiger partial charge in [-0.2, -0.15) is 0 Å². The van der Waals surface area contributed by atoms with E-state index >= 15 is 0 Å². The molecule has 1 spiro atoms. The van der Waals surface area contributed by atoms with Crippen molar-refractivity contribution < 1.29 is 13.9 Å². The number of rotatable bonds is 2. The van der Waals surface area contributed by atoms with Gasteiger partial charge >= 0.3 is 0 Å². The van der Waals surface area contributed by atoms with E-state index in [4.69, 9.17) is 9.15 Å². The van der Waals surface area contributed by atoms with Crippen LogP contribution in [0.5, 0.6) is 0 Å². The van der Waals surface area contributed by atoms with E-state index in [-0.39, 0.29) is 17.3 Å². The molecule has 3 nitrogen and oxygen atoms in total. The summed E-state index contributed by atoms with van der Waals surface area (Å²) in [6.07, 6.45) is 5.24. The number of ether oxygens (including phenoxy) is 1. The van der Waals surface area contributed by atoms with Crippen molar-refractivity contribution in [2.24, 2.45) is 5.92 Å². The fourth-order valence-electron chi connectivity index (χ4n) is 3.27. The van der Waals surface area contributed by atoms with E-state index in [9.17, 15) is 4.79 Å². The first-order chi connectivity index (χ1) is 8.60. The van der Waals surface area contributed by atoms with Crippen LogP contribution in [0.2, 0.25) is 0 Å². The van der Waals surface area contributed by atoms with Gasteiger partial charge in [-0.05, 0) is 52.0 Å². The summed E-state index contributed by atoms with van der Waals surface area (Å²) in [5.41, 5.74) is 0.805. The molecule has 1 aromatic heterocycles. The van der Waals surface area contributed by atoms with Gasteiger partial charge in [0, 0.05) is 12.5 Å². The third-order valence-electron chi connectivity index (χ3n) is 4.43. The Labute approximate surface area is 108 Å². The summed E-state index contributed by atoms with van der Waals surface area (Å²) in [5, 5.41) is 0. The second kappa shape index (κ2) is 4.23. The molecule has 1 aliphatic carbocycles. The van der Waals surface area contributed by atoms with Gasteiger partial charge in [0.15, 0.2) is 5.78 Å². The molecule has 0 aromatic carbocycles. The van der Waals surface area contributed by atoms with E-state index in [1.54, 1.807) is 0 Å². The highest BCUT2D eigenvalue weighted by Gasteiger charge is 2.44. The summed E-state index contributed by atoms with van der Waals surface area (Å²) in [6.45, 7) is 4.49. The molecular weight excluding hydrogens is 228 g/mol. The lowest BCUT2D eigenvalue weighted by atomic mass is 9.70. The topological polar surface area (TPSA) is 39.4 Å². The predicted molar refractivity (Wildman–Crippen MR) is 67.8 cm³/mol. The van der Waals surface area contributed by atoms with Gasteiger partial charge in [0.05, 0.1) is 11.2 Å². The van der Waals surface area contributed by atoms with Gasteiger partial charge < -0.3 is 9.15 Å². The van der Waals surface area contributed by atoms with Gasteiger partial charge in [0.25, 0.3) is 0 Å². The Bertz CT molecular complexity index is 468. The Morgan fingerprint density at radius 2 is 2.17 bits per heavy atom. The molecule has 0 amide bonds. The number of furan rings is 1. The molecule has 1 saturated carbocycles. The van der Waals surface area contributed by atoms with Crippen LogP contribution in [-0.4, -0.2) is 18.0 Å². The highest BCUT2D eigenvalue weighted by molar-refractivity contribution is 5.99. The van der Waals surface area contributed by atoms with Crippen molar-refractivity contribution in [1.29, 1.82) is 0 Å². The van der Waals surface area contributed by atoms with Gasteiger partial charge in [-0.3, -0.25) is 4.79 Å². The normalized spacial score (nSPS) is 26.0. The third-order valence-corrected chi connectivity index (χ3v) is 4.43. The molecule has 1 unspecified atom stereocenters. The summed E-state index contributed by atoms with van der Waals surface area (Å²) in [7, 11) is 0. The molecule has 0 radical (unpaired) electrons. The fourth-order valence-corrected chi connectivity index (χ4v) is 3.27. The van der Waals surface area contributed by atoms with Crippen LogP contribution in [0.15, 0.2) is 10.5 Å². The van der Waals surface area contributed by atoms with Crippen molar-refractivity contribution in [2.45, 2.75) is 51.6 Å². The number of carbonyl (C=O) groups is 1. The van der Waals surface area contributed by atoms with Crippen LogP contribution in [0, 0.1) is 19.8 Å². The number of aryl methyl sites for hydroxylation is 2. The highest BCUT2D eigenvalue weighted by atomic mass is 16.5. The van der Waals surface area contributed by atoms with Crippen LogP contribution in [0.4, 0.5) is 0 Å². The zero-order valence-corrected chi connectivity index (χ0v) is 11.1. The number of hydrogen-bond donors (Lipinski definition) is 0. The molecule has 98 valence electrons. The lowest BCUT2D eigenvalue weighted by Crippen LogP contribution is -2.47. The maximum atomic E-state index is 12.5. The molecule has 1 aliphatic heterocycles. The first-order valence-corrected chi connectivity index (χ1v) is 6.85. The van der Waals surface area contributed by atoms with Crippen molar-refractivity contribution >= 4 is 5.78 Å². The summed E-state index contributed by atoms with van der Waals surface area (Å²) < 4.78 is 11.3.